The summed E-state index contributed by atoms with van der Waals surface area (Å²) in [5.74, 6) is 0.0800. The lowest BCUT2D eigenvalue weighted by Crippen LogP contribution is -2.41. The van der Waals surface area contributed by atoms with Crippen molar-refractivity contribution in [2.75, 3.05) is 19.7 Å². The molecule has 2 atom stereocenters. The Hall–Kier alpha value is -1.10. The van der Waals surface area contributed by atoms with Gasteiger partial charge in [0.25, 0.3) is 0 Å². The molecule has 1 aromatic rings. The van der Waals surface area contributed by atoms with E-state index in [1.165, 1.54) is 0 Å². The van der Waals surface area contributed by atoms with Gasteiger partial charge in [0, 0.05) is 24.6 Å². The van der Waals surface area contributed by atoms with Crippen molar-refractivity contribution in [2.45, 2.75) is 37.4 Å². The molecule has 0 radical (unpaired) electrons. The summed E-state index contributed by atoms with van der Waals surface area (Å²) in [6.45, 7) is 1.59. The van der Waals surface area contributed by atoms with Crippen LogP contribution in [-0.2, 0) is 16.0 Å². The van der Waals surface area contributed by atoms with Gasteiger partial charge >= 0.3 is 0 Å². The zero-order valence-corrected chi connectivity index (χ0v) is 12.7. The number of aliphatic hydroxyl groups is 1. The maximum atomic E-state index is 12.3. The van der Waals surface area contributed by atoms with E-state index in [1.54, 1.807) is 4.90 Å². The molecule has 2 saturated heterocycles. The smallest absolute Gasteiger partial charge is 0.223 e. The third-order valence-corrected chi connectivity index (χ3v) is 4.74. The van der Waals surface area contributed by atoms with E-state index in [0.29, 0.717) is 37.6 Å². The summed E-state index contributed by atoms with van der Waals surface area (Å²) in [5.41, 5.74) is 0.593. The molecule has 2 fully saturated rings. The van der Waals surface area contributed by atoms with Crippen LogP contribution in [0.2, 0.25) is 5.02 Å². The lowest BCUT2D eigenvalue weighted by Gasteiger charge is -2.25. The Morgan fingerprint density at radius 1 is 1.43 bits per heavy atom. The zero-order valence-electron chi connectivity index (χ0n) is 11.9. The third kappa shape index (κ3) is 3.07. The second-order valence-electron chi connectivity index (χ2n) is 5.93. The number of aryl methyl sites for hydroxylation is 1. The quantitative estimate of drug-likeness (QED) is 0.929. The predicted molar refractivity (Wildman–Crippen MR) is 80.3 cm³/mol. The molecule has 5 heteroatoms. The van der Waals surface area contributed by atoms with E-state index in [9.17, 15) is 9.90 Å². The summed E-state index contributed by atoms with van der Waals surface area (Å²) in [5, 5.41) is 10.9. The third-order valence-electron chi connectivity index (χ3n) is 4.49. The molecule has 0 aromatic heterocycles. The maximum Gasteiger partial charge on any atom is 0.223 e. The molecule has 0 bridgehead atoms. The van der Waals surface area contributed by atoms with Crippen LogP contribution in [0, 0.1) is 0 Å². The van der Waals surface area contributed by atoms with Gasteiger partial charge in [0.15, 0.2) is 0 Å². The fraction of sp³-hybridized carbons (Fsp3) is 0.562. The molecule has 114 valence electrons. The highest BCUT2D eigenvalue weighted by molar-refractivity contribution is 6.30. The first-order valence-corrected chi connectivity index (χ1v) is 7.81. The Kier molecular flexibility index (Phi) is 4.20. The van der Waals surface area contributed by atoms with Gasteiger partial charge in [0.05, 0.1) is 6.54 Å². The topological polar surface area (TPSA) is 49.8 Å². The Labute approximate surface area is 129 Å². The first kappa shape index (κ1) is 14.8. The van der Waals surface area contributed by atoms with Crippen molar-refractivity contribution >= 4 is 17.5 Å². The number of amides is 1. The molecule has 1 amide bonds. The molecule has 2 aliphatic rings. The van der Waals surface area contributed by atoms with E-state index in [0.717, 1.165) is 18.4 Å². The summed E-state index contributed by atoms with van der Waals surface area (Å²) >= 11 is 5.85. The van der Waals surface area contributed by atoms with E-state index < -0.39 is 11.7 Å². The lowest BCUT2D eigenvalue weighted by molar-refractivity contribution is -0.131. The number of carbonyl (C=O) groups is 1. The number of nitrogens with zero attached hydrogens (tertiary/aromatic N) is 1. The van der Waals surface area contributed by atoms with Crippen LogP contribution < -0.4 is 0 Å². The van der Waals surface area contributed by atoms with Crippen LogP contribution in [0.5, 0.6) is 0 Å². The minimum absolute atomic E-state index is 0.0800. The van der Waals surface area contributed by atoms with Gasteiger partial charge in [-0.05, 0) is 37.0 Å². The second-order valence-corrected chi connectivity index (χ2v) is 6.37. The lowest BCUT2D eigenvalue weighted by atomic mass is 9.97. The minimum atomic E-state index is -0.556. The number of β-amino-alcohol motifs (C(OH)–C–C–N with tert-alkyl or cyclic N) is 1. The number of hydrogen-bond acceptors (Lipinski definition) is 3. The van der Waals surface area contributed by atoms with Crippen molar-refractivity contribution in [1.29, 1.82) is 0 Å². The number of benzene rings is 1. The van der Waals surface area contributed by atoms with Gasteiger partial charge in [-0.2, -0.15) is 0 Å². The normalized spacial score (nSPS) is 28.5. The Balaban J connectivity index is 1.55. The van der Waals surface area contributed by atoms with Crippen LogP contribution in [0.4, 0.5) is 0 Å². The van der Waals surface area contributed by atoms with E-state index in [4.69, 9.17) is 16.3 Å². The Bertz CT molecular complexity index is 511. The average Bonchev–Trinajstić information content (AvgIpc) is 3.07. The molecule has 21 heavy (non-hydrogen) atoms. The first-order valence-electron chi connectivity index (χ1n) is 7.43. The number of carbonyl (C=O) groups excluding carboxylic acids is 1. The van der Waals surface area contributed by atoms with Crippen molar-refractivity contribution in [3.05, 3.63) is 34.9 Å². The summed E-state index contributed by atoms with van der Waals surface area (Å²) in [6.07, 6.45) is 2.39. The largest absolute Gasteiger partial charge is 0.388 e. The molecular weight excluding hydrogens is 290 g/mol. The highest BCUT2D eigenvalue weighted by Crippen LogP contribution is 2.35. The number of halogens is 1. The maximum absolute atomic E-state index is 12.3. The summed E-state index contributed by atoms with van der Waals surface area (Å²) < 4.78 is 5.71. The van der Waals surface area contributed by atoms with E-state index in [1.807, 2.05) is 24.3 Å². The standard InChI is InChI=1S/C16H20ClNO3/c17-13-5-2-12(3-6-13)4-7-15(20)18-10-14(19)16(11-18)8-1-9-21-16/h2-3,5-6,14,19H,1,4,7-11H2/t14-,16-/m0/s1. The summed E-state index contributed by atoms with van der Waals surface area (Å²) in [7, 11) is 0. The van der Waals surface area contributed by atoms with Crippen LogP contribution in [0.25, 0.3) is 0 Å². The van der Waals surface area contributed by atoms with Gasteiger partial charge < -0.3 is 14.7 Å². The fourth-order valence-electron chi connectivity index (χ4n) is 3.23. The molecule has 0 aliphatic carbocycles. The Morgan fingerprint density at radius 2 is 2.19 bits per heavy atom. The highest BCUT2D eigenvalue weighted by atomic mass is 35.5. The SMILES string of the molecule is O=C(CCc1ccc(Cl)cc1)N1C[C@H](O)[C@]2(CCCO2)C1. The van der Waals surface area contributed by atoms with Crippen molar-refractivity contribution in [3.63, 3.8) is 0 Å². The summed E-state index contributed by atoms with van der Waals surface area (Å²) in [6, 6.07) is 7.55. The van der Waals surface area contributed by atoms with Crippen LogP contribution in [0.3, 0.4) is 0 Å². The number of aliphatic hydroxyl groups excluding tert-OH is 1. The van der Waals surface area contributed by atoms with Crippen LogP contribution in [0.15, 0.2) is 24.3 Å². The molecule has 0 saturated carbocycles. The van der Waals surface area contributed by atoms with Gasteiger partial charge in [0.2, 0.25) is 5.91 Å². The number of ether oxygens (including phenoxy) is 1. The monoisotopic (exact) mass is 309 g/mol. The number of rotatable bonds is 3. The zero-order chi connectivity index (χ0) is 14.9. The number of likely N-dealkylation sites (tertiary alicyclic amines) is 1. The van der Waals surface area contributed by atoms with Crippen LogP contribution in [0.1, 0.15) is 24.8 Å². The number of hydrogen-bond donors (Lipinski definition) is 1. The van der Waals surface area contributed by atoms with E-state index >= 15 is 0 Å². The molecule has 4 nitrogen and oxygen atoms in total. The molecular formula is C16H20ClNO3. The molecule has 1 aromatic carbocycles. The van der Waals surface area contributed by atoms with Gasteiger partial charge in [0.1, 0.15) is 11.7 Å². The van der Waals surface area contributed by atoms with Crippen molar-refractivity contribution in [3.8, 4) is 0 Å². The predicted octanol–water partition coefficient (Wildman–Crippen LogP) is 2.02. The van der Waals surface area contributed by atoms with E-state index in [-0.39, 0.29) is 5.91 Å². The van der Waals surface area contributed by atoms with E-state index in [2.05, 4.69) is 0 Å². The van der Waals surface area contributed by atoms with Crippen molar-refractivity contribution in [2.24, 2.45) is 0 Å². The Morgan fingerprint density at radius 3 is 2.86 bits per heavy atom. The summed E-state index contributed by atoms with van der Waals surface area (Å²) in [4.78, 5) is 14.0. The van der Waals surface area contributed by atoms with Crippen molar-refractivity contribution in [1.82, 2.24) is 4.90 Å². The van der Waals surface area contributed by atoms with Gasteiger partial charge in [-0.25, -0.2) is 0 Å². The first-order chi connectivity index (χ1) is 10.1. The average molecular weight is 310 g/mol. The van der Waals surface area contributed by atoms with Gasteiger partial charge in [-0.1, -0.05) is 23.7 Å². The molecule has 2 aliphatic heterocycles. The van der Waals surface area contributed by atoms with Crippen molar-refractivity contribution < 1.29 is 14.6 Å². The fourth-order valence-corrected chi connectivity index (χ4v) is 3.35. The van der Waals surface area contributed by atoms with Gasteiger partial charge in [-0.3, -0.25) is 4.79 Å². The molecule has 2 heterocycles. The van der Waals surface area contributed by atoms with Crippen LogP contribution >= 0.6 is 11.6 Å². The molecule has 1 N–H and O–H groups in total. The highest BCUT2D eigenvalue weighted by Gasteiger charge is 2.50. The minimum Gasteiger partial charge on any atom is -0.388 e. The second kappa shape index (κ2) is 5.95. The van der Waals surface area contributed by atoms with Gasteiger partial charge in [-0.15, -0.1) is 0 Å². The van der Waals surface area contributed by atoms with Crippen LogP contribution in [-0.4, -0.2) is 47.3 Å². The molecule has 1 spiro atoms. The molecule has 3 rings (SSSR count). The molecule has 0 unspecified atom stereocenters.